The fourth-order valence-corrected chi connectivity index (χ4v) is 4.05. The zero-order chi connectivity index (χ0) is 14.8. The van der Waals surface area contributed by atoms with Crippen LogP contribution in [-0.2, 0) is 25.3 Å². The van der Waals surface area contributed by atoms with Crippen molar-refractivity contribution >= 4 is 16.0 Å². The minimum atomic E-state index is -3.68. The normalized spacial score (nSPS) is 23.7. The van der Waals surface area contributed by atoms with Crippen LogP contribution in [0.5, 0.6) is 0 Å². The van der Waals surface area contributed by atoms with Crippen molar-refractivity contribution in [3.05, 3.63) is 35.9 Å². The quantitative estimate of drug-likeness (QED) is 0.799. The van der Waals surface area contributed by atoms with E-state index in [1.165, 1.54) is 7.11 Å². The molecule has 2 unspecified atom stereocenters. The molecule has 1 N–H and O–H groups in total. The van der Waals surface area contributed by atoms with Crippen LogP contribution in [0.3, 0.4) is 0 Å². The maximum absolute atomic E-state index is 12.4. The summed E-state index contributed by atoms with van der Waals surface area (Å²) in [7, 11) is -2.47. The van der Waals surface area contributed by atoms with Crippen molar-refractivity contribution in [3.63, 3.8) is 0 Å². The summed E-state index contributed by atoms with van der Waals surface area (Å²) in [6.45, 7) is -0.0745. The Kier molecular flexibility index (Phi) is 4.42. The molecule has 0 saturated carbocycles. The standard InChI is InChI=1S/C13H17NO5S/c1-19-13(16)12-7-11(15)8-14(12)20(17,18)9-10-5-3-2-4-6-10/h2-6,11-12,15H,7-9H2,1H3. The molecule has 1 fully saturated rings. The van der Waals surface area contributed by atoms with Gasteiger partial charge in [-0.25, -0.2) is 8.42 Å². The predicted molar refractivity (Wildman–Crippen MR) is 72.2 cm³/mol. The molecule has 0 radical (unpaired) electrons. The number of esters is 1. The maximum atomic E-state index is 12.4. The number of hydrogen-bond acceptors (Lipinski definition) is 5. The number of carbonyl (C=O) groups excluding carboxylic acids is 1. The summed E-state index contributed by atoms with van der Waals surface area (Å²) in [5.74, 6) is -0.841. The van der Waals surface area contributed by atoms with E-state index in [0.29, 0.717) is 5.56 Å². The van der Waals surface area contributed by atoms with E-state index < -0.39 is 28.1 Å². The van der Waals surface area contributed by atoms with Crippen LogP contribution < -0.4 is 0 Å². The van der Waals surface area contributed by atoms with Crippen molar-refractivity contribution in [3.8, 4) is 0 Å². The number of methoxy groups -OCH3 is 1. The van der Waals surface area contributed by atoms with Gasteiger partial charge in [-0.05, 0) is 5.56 Å². The zero-order valence-electron chi connectivity index (χ0n) is 11.1. The number of sulfonamides is 1. The van der Waals surface area contributed by atoms with Gasteiger partial charge >= 0.3 is 5.97 Å². The lowest BCUT2D eigenvalue weighted by molar-refractivity contribution is -0.144. The number of aliphatic hydroxyl groups excluding tert-OH is 1. The molecule has 20 heavy (non-hydrogen) atoms. The Morgan fingerprint density at radius 1 is 1.40 bits per heavy atom. The molecule has 0 aliphatic carbocycles. The zero-order valence-corrected chi connectivity index (χ0v) is 11.9. The van der Waals surface area contributed by atoms with Gasteiger partial charge in [-0.3, -0.25) is 4.79 Å². The summed E-state index contributed by atoms with van der Waals surface area (Å²) in [6, 6.07) is 7.77. The lowest BCUT2D eigenvalue weighted by Crippen LogP contribution is -2.41. The number of carbonyl (C=O) groups is 1. The summed E-state index contributed by atoms with van der Waals surface area (Å²) < 4.78 is 30.4. The molecule has 0 spiro atoms. The van der Waals surface area contributed by atoms with Crippen molar-refractivity contribution in [2.45, 2.75) is 24.3 Å². The first kappa shape index (κ1) is 15.0. The molecule has 0 bridgehead atoms. The topological polar surface area (TPSA) is 83.9 Å². The Balaban J connectivity index is 2.21. The van der Waals surface area contributed by atoms with E-state index in [1.54, 1.807) is 30.3 Å². The van der Waals surface area contributed by atoms with Crippen LogP contribution in [-0.4, -0.2) is 49.6 Å². The molecule has 1 heterocycles. The first-order valence-electron chi connectivity index (χ1n) is 6.23. The van der Waals surface area contributed by atoms with E-state index in [0.717, 1.165) is 4.31 Å². The molecule has 1 aromatic rings. The highest BCUT2D eigenvalue weighted by atomic mass is 32.2. The predicted octanol–water partition coefficient (Wildman–Crippen LogP) is 0.125. The monoisotopic (exact) mass is 299 g/mol. The first-order chi connectivity index (χ1) is 9.44. The van der Waals surface area contributed by atoms with E-state index in [4.69, 9.17) is 0 Å². The molecule has 2 atom stereocenters. The van der Waals surface area contributed by atoms with E-state index in [9.17, 15) is 18.3 Å². The van der Waals surface area contributed by atoms with E-state index in [-0.39, 0.29) is 18.7 Å². The number of rotatable bonds is 4. The Labute approximate surface area is 118 Å². The second-order valence-electron chi connectivity index (χ2n) is 4.74. The summed E-state index contributed by atoms with van der Waals surface area (Å²) in [6.07, 6.45) is -0.773. The van der Waals surface area contributed by atoms with Crippen LogP contribution in [0.25, 0.3) is 0 Å². The molecule has 0 aromatic heterocycles. The van der Waals surface area contributed by atoms with Gasteiger partial charge in [0.15, 0.2) is 0 Å². The van der Waals surface area contributed by atoms with Crippen molar-refractivity contribution < 1.29 is 23.1 Å². The van der Waals surface area contributed by atoms with Gasteiger partial charge in [-0.15, -0.1) is 0 Å². The van der Waals surface area contributed by atoms with Gasteiger partial charge in [0.1, 0.15) is 6.04 Å². The van der Waals surface area contributed by atoms with Crippen LogP contribution in [0.15, 0.2) is 30.3 Å². The smallest absolute Gasteiger partial charge is 0.324 e. The number of benzene rings is 1. The molecular weight excluding hydrogens is 282 g/mol. The highest BCUT2D eigenvalue weighted by Crippen LogP contribution is 2.24. The molecule has 6 nitrogen and oxygen atoms in total. The van der Waals surface area contributed by atoms with Gasteiger partial charge < -0.3 is 9.84 Å². The second kappa shape index (κ2) is 5.90. The second-order valence-corrected chi connectivity index (χ2v) is 6.66. The molecule has 110 valence electrons. The minimum Gasteiger partial charge on any atom is -0.468 e. The van der Waals surface area contributed by atoms with Gasteiger partial charge in [0.25, 0.3) is 0 Å². The number of hydrogen-bond donors (Lipinski definition) is 1. The SMILES string of the molecule is COC(=O)C1CC(O)CN1S(=O)(=O)Cc1ccccc1. The fraction of sp³-hybridized carbons (Fsp3) is 0.462. The highest BCUT2D eigenvalue weighted by Gasteiger charge is 2.43. The molecule has 0 amide bonds. The lowest BCUT2D eigenvalue weighted by Gasteiger charge is -2.21. The van der Waals surface area contributed by atoms with Gasteiger partial charge in [0.05, 0.1) is 19.0 Å². The summed E-state index contributed by atoms with van der Waals surface area (Å²) >= 11 is 0. The van der Waals surface area contributed by atoms with Gasteiger partial charge in [0.2, 0.25) is 10.0 Å². The van der Waals surface area contributed by atoms with E-state index in [1.807, 2.05) is 0 Å². The molecule has 7 heteroatoms. The summed E-state index contributed by atoms with van der Waals surface area (Å²) in [4.78, 5) is 11.6. The van der Waals surface area contributed by atoms with Crippen molar-refractivity contribution in [1.82, 2.24) is 4.31 Å². The molecule has 1 saturated heterocycles. The van der Waals surface area contributed by atoms with Crippen LogP contribution in [0, 0.1) is 0 Å². The Morgan fingerprint density at radius 2 is 2.05 bits per heavy atom. The maximum Gasteiger partial charge on any atom is 0.324 e. The molecule has 1 aromatic carbocycles. The van der Waals surface area contributed by atoms with Crippen LogP contribution in [0.1, 0.15) is 12.0 Å². The third kappa shape index (κ3) is 3.17. The molecular formula is C13H17NO5S. The van der Waals surface area contributed by atoms with Crippen molar-refractivity contribution in [2.24, 2.45) is 0 Å². The van der Waals surface area contributed by atoms with Crippen LogP contribution >= 0.6 is 0 Å². The number of nitrogens with zero attached hydrogens (tertiary/aromatic N) is 1. The fourth-order valence-electron chi connectivity index (χ4n) is 2.31. The Bertz CT molecular complexity index is 572. The van der Waals surface area contributed by atoms with E-state index in [2.05, 4.69) is 4.74 Å². The average Bonchev–Trinajstić information content (AvgIpc) is 2.81. The third-order valence-electron chi connectivity index (χ3n) is 3.26. The first-order valence-corrected chi connectivity index (χ1v) is 7.84. The number of β-amino-alcohol motifs (C(OH)–C–C–N with tert-alkyl or cyclic N) is 1. The average molecular weight is 299 g/mol. The highest BCUT2D eigenvalue weighted by molar-refractivity contribution is 7.88. The Hall–Kier alpha value is -1.44. The van der Waals surface area contributed by atoms with Crippen molar-refractivity contribution in [2.75, 3.05) is 13.7 Å². The summed E-state index contributed by atoms with van der Waals surface area (Å²) in [5, 5.41) is 9.63. The van der Waals surface area contributed by atoms with Gasteiger partial charge in [-0.2, -0.15) is 4.31 Å². The van der Waals surface area contributed by atoms with Crippen LogP contribution in [0.4, 0.5) is 0 Å². The molecule has 1 aliphatic rings. The van der Waals surface area contributed by atoms with E-state index >= 15 is 0 Å². The largest absolute Gasteiger partial charge is 0.468 e. The third-order valence-corrected chi connectivity index (χ3v) is 5.07. The minimum absolute atomic E-state index is 0.0701. The number of ether oxygens (including phenoxy) is 1. The molecule has 2 rings (SSSR count). The molecule has 1 aliphatic heterocycles. The number of aliphatic hydroxyl groups is 1. The Morgan fingerprint density at radius 3 is 2.65 bits per heavy atom. The summed E-state index contributed by atoms with van der Waals surface area (Å²) in [5.41, 5.74) is 0.637. The van der Waals surface area contributed by atoms with Gasteiger partial charge in [0, 0.05) is 13.0 Å². The van der Waals surface area contributed by atoms with Crippen molar-refractivity contribution in [1.29, 1.82) is 0 Å². The van der Waals surface area contributed by atoms with Gasteiger partial charge in [-0.1, -0.05) is 30.3 Å². The van der Waals surface area contributed by atoms with Crippen LogP contribution in [0.2, 0.25) is 0 Å². The lowest BCUT2D eigenvalue weighted by atomic mass is 10.2.